The van der Waals surface area contributed by atoms with Crippen molar-refractivity contribution >= 4 is 11.6 Å². The first kappa shape index (κ1) is 18.1. The summed E-state index contributed by atoms with van der Waals surface area (Å²) < 4.78 is 1.55. The van der Waals surface area contributed by atoms with E-state index in [1.807, 2.05) is 46.8 Å². The summed E-state index contributed by atoms with van der Waals surface area (Å²) in [7, 11) is 0. The van der Waals surface area contributed by atoms with Crippen molar-refractivity contribution in [3.05, 3.63) is 46.0 Å². The number of aryl methyl sites for hydroxylation is 1. The third kappa shape index (κ3) is 4.89. The number of hydrogen-bond donors (Lipinski definition) is 2. The third-order valence-corrected chi connectivity index (χ3v) is 3.72. The molecule has 130 valence electrons. The number of amides is 1. The molecule has 2 N–H and O–H groups in total. The first-order valence-corrected chi connectivity index (χ1v) is 8.31. The van der Waals surface area contributed by atoms with Crippen LogP contribution in [-0.4, -0.2) is 33.9 Å². The van der Waals surface area contributed by atoms with Crippen LogP contribution in [0.25, 0.3) is 5.65 Å². The molecule has 0 saturated carbocycles. The molecule has 0 saturated heterocycles. The molecule has 0 fully saturated rings. The van der Waals surface area contributed by atoms with Gasteiger partial charge in [0.2, 0.25) is 0 Å². The summed E-state index contributed by atoms with van der Waals surface area (Å²) in [5.74, 6) is 0.00693. The van der Waals surface area contributed by atoms with Gasteiger partial charge in [0.05, 0.1) is 6.54 Å². The van der Waals surface area contributed by atoms with Crippen LogP contribution in [-0.2, 0) is 11.3 Å². The van der Waals surface area contributed by atoms with Crippen molar-refractivity contribution in [2.24, 2.45) is 0 Å². The summed E-state index contributed by atoms with van der Waals surface area (Å²) in [6.07, 6.45) is 1.79. The lowest BCUT2D eigenvalue weighted by Gasteiger charge is -2.23. The van der Waals surface area contributed by atoms with Crippen LogP contribution in [0, 0.1) is 6.92 Å². The maximum Gasteiger partial charge on any atom is 0.275 e. The van der Waals surface area contributed by atoms with E-state index in [0.29, 0.717) is 24.4 Å². The minimum Gasteiger partial charge on any atom is -0.347 e. The van der Waals surface area contributed by atoms with Gasteiger partial charge in [0, 0.05) is 17.8 Å². The molecular weight excluding hydrogens is 304 g/mol. The zero-order chi connectivity index (χ0) is 17.9. The normalized spacial score (nSPS) is 13.0. The molecule has 2 aromatic heterocycles. The minimum atomic E-state index is -0.242. The molecule has 1 atom stereocenters. The molecule has 0 aliphatic rings. The van der Waals surface area contributed by atoms with E-state index in [2.05, 4.69) is 10.3 Å². The van der Waals surface area contributed by atoms with E-state index in [4.69, 9.17) is 0 Å². The number of nitrogens with zero attached hydrogens (tertiary/aromatic N) is 2. The summed E-state index contributed by atoms with van der Waals surface area (Å²) in [5, 5.41) is 2.97. The predicted octanol–water partition coefficient (Wildman–Crippen LogP) is 0.322. The van der Waals surface area contributed by atoms with Gasteiger partial charge in [-0.3, -0.25) is 14.0 Å². The Morgan fingerprint density at radius 3 is 2.67 bits per heavy atom. The fraction of sp³-hybridized carbons (Fsp3) is 0.500. The van der Waals surface area contributed by atoms with Crippen LogP contribution in [0.2, 0.25) is 0 Å². The van der Waals surface area contributed by atoms with Crippen molar-refractivity contribution in [3.63, 3.8) is 0 Å². The Morgan fingerprint density at radius 2 is 2.04 bits per heavy atom. The average molecular weight is 331 g/mol. The number of fused-ring (bicyclic) bond motifs is 1. The van der Waals surface area contributed by atoms with Crippen LogP contribution in [0.4, 0.5) is 0 Å². The summed E-state index contributed by atoms with van der Waals surface area (Å²) >= 11 is 0. The van der Waals surface area contributed by atoms with Crippen molar-refractivity contribution in [1.29, 1.82) is 0 Å². The van der Waals surface area contributed by atoms with E-state index >= 15 is 0 Å². The highest BCUT2D eigenvalue weighted by atomic mass is 16.2. The fourth-order valence-electron chi connectivity index (χ4n) is 2.61. The van der Waals surface area contributed by atoms with Crippen molar-refractivity contribution in [2.45, 2.75) is 46.7 Å². The summed E-state index contributed by atoms with van der Waals surface area (Å²) in [6.45, 7) is 11.6. The van der Waals surface area contributed by atoms with Gasteiger partial charge in [-0.1, -0.05) is 6.07 Å². The fourth-order valence-corrected chi connectivity index (χ4v) is 2.61. The number of likely N-dealkylation sites (N-methyl/N-ethyl adjacent to an activating group) is 1. The predicted molar refractivity (Wildman–Crippen MR) is 94.2 cm³/mol. The van der Waals surface area contributed by atoms with Gasteiger partial charge in [0.25, 0.3) is 11.5 Å². The lowest BCUT2D eigenvalue weighted by atomic mass is 10.1. The number of carbonyl (C=O) groups is 1. The van der Waals surface area contributed by atoms with Crippen LogP contribution in [0.3, 0.4) is 0 Å². The Bertz CT molecular complexity index is 790. The van der Waals surface area contributed by atoms with Crippen LogP contribution in [0.1, 0.15) is 39.0 Å². The second-order valence-corrected chi connectivity index (χ2v) is 7.28. The monoisotopic (exact) mass is 331 g/mol. The van der Waals surface area contributed by atoms with Crippen molar-refractivity contribution in [1.82, 2.24) is 14.7 Å². The van der Waals surface area contributed by atoms with Crippen LogP contribution >= 0.6 is 0 Å². The SMILES string of the molecule is CC[NH+](CC(=O)NC(C)(C)C)Cc1cc(=O)n2cc(C)ccc2n1. The molecule has 0 aromatic carbocycles. The minimum absolute atomic E-state index is 0.00693. The molecule has 6 heteroatoms. The van der Waals surface area contributed by atoms with Gasteiger partial charge in [-0.05, 0) is 46.2 Å². The van der Waals surface area contributed by atoms with Gasteiger partial charge in [0.15, 0.2) is 6.54 Å². The summed E-state index contributed by atoms with van der Waals surface area (Å²) in [6, 6.07) is 5.34. The Morgan fingerprint density at radius 1 is 1.33 bits per heavy atom. The topological polar surface area (TPSA) is 67.9 Å². The number of aromatic nitrogens is 2. The quantitative estimate of drug-likeness (QED) is 0.829. The number of pyridine rings is 1. The molecule has 6 nitrogen and oxygen atoms in total. The van der Waals surface area contributed by atoms with Gasteiger partial charge >= 0.3 is 0 Å². The van der Waals surface area contributed by atoms with E-state index in [1.165, 1.54) is 0 Å². The maximum absolute atomic E-state index is 12.3. The second-order valence-electron chi connectivity index (χ2n) is 7.28. The van der Waals surface area contributed by atoms with Gasteiger partial charge < -0.3 is 10.2 Å². The number of nitrogens with one attached hydrogen (secondary N) is 2. The molecule has 24 heavy (non-hydrogen) atoms. The molecule has 0 spiro atoms. The highest BCUT2D eigenvalue weighted by Gasteiger charge is 2.19. The lowest BCUT2D eigenvalue weighted by molar-refractivity contribution is -0.904. The maximum atomic E-state index is 12.3. The van der Waals surface area contributed by atoms with Gasteiger partial charge in [-0.2, -0.15) is 0 Å². The van der Waals surface area contributed by atoms with Gasteiger partial charge in [-0.15, -0.1) is 0 Å². The van der Waals surface area contributed by atoms with Crippen LogP contribution in [0.5, 0.6) is 0 Å². The smallest absolute Gasteiger partial charge is 0.275 e. The number of quaternary nitrogens is 1. The van der Waals surface area contributed by atoms with Crippen molar-refractivity contribution in [2.75, 3.05) is 13.1 Å². The lowest BCUT2D eigenvalue weighted by Crippen LogP contribution is -3.11. The summed E-state index contributed by atoms with van der Waals surface area (Å²) in [5.41, 5.74) is 2.03. The molecule has 1 amide bonds. The van der Waals surface area contributed by atoms with Crippen molar-refractivity contribution < 1.29 is 9.69 Å². The first-order valence-electron chi connectivity index (χ1n) is 8.31. The van der Waals surface area contributed by atoms with E-state index in [0.717, 1.165) is 17.0 Å². The molecule has 1 unspecified atom stereocenters. The zero-order valence-corrected chi connectivity index (χ0v) is 15.1. The molecule has 0 aliphatic carbocycles. The summed E-state index contributed by atoms with van der Waals surface area (Å²) in [4.78, 5) is 30.0. The van der Waals surface area contributed by atoms with Crippen LogP contribution in [0.15, 0.2) is 29.2 Å². The largest absolute Gasteiger partial charge is 0.347 e. The number of hydrogen-bond acceptors (Lipinski definition) is 3. The molecule has 0 radical (unpaired) electrons. The van der Waals surface area contributed by atoms with Crippen molar-refractivity contribution in [3.8, 4) is 0 Å². The van der Waals surface area contributed by atoms with E-state index in [-0.39, 0.29) is 17.0 Å². The molecule has 0 bridgehead atoms. The second kappa shape index (κ2) is 7.13. The number of rotatable bonds is 5. The molecule has 2 aromatic rings. The van der Waals surface area contributed by atoms with E-state index in [9.17, 15) is 9.59 Å². The molecule has 0 aliphatic heterocycles. The standard InChI is InChI=1S/C18H26N4O2/c1-6-21(12-16(23)20-18(3,4)5)11-14-9-17(24)22-10-13(2)7-8-15(22)19-14/h7-10H,6,11-12H2,1-5H3,(H,20,23)/p+1. The number of carbonyl (C=O) groups excluding carboxylic acids is 1. The third-order valence-electron chi connectivity index (χ3n) is 3.72. The zero-order valence-electron chi connectivity index (χ0n) is 15.1. The van der Waals surface area contributed by atoms with E-state index in [1.54, 1.807) is 16.7 Å². The average Bonchev–Trinajstić information content (AvgIpc) is 2.45. The van der Waals surface area contributed by atoms with Gasteiger partial charge in [-0.25, -0.2) is 4.98 Å². The first-order chi connectivity index (χ1) is 11.2. The van der Waals surface area contributed by atoms with Gasteiger partial charge in [0.1, 0.15) is 17.9 Å². The Hall–Kier alpha value is -2.21. The highest BCUT2D eigenvalue weighted by molar-refractivity contribution is 5.77. The molecular formula is C18H27N4O2+. The highest BCUT2D eigenvalue weighted by Crippen LogP contribution is 2.02. The Balaban J connectivity index is 2.16. The van der Waals surface area contributed by atoms with Crippen LogP contribution < -0.4 is 15.8 Å². The Labute approximate surface area is 142 Å². The molecule has 2 rings (SSSR count). The molecule has 2 heterocycles. The Kier molecular flexibility index (Phi) is 5.39. The van der Waals surface area contributed by atoms with E-state index < -0.39 is 0 Å².